The third-order valence-corrected chi connectivity index (χ3v) is 5.88. The average Bonchev–Trinajstić information content (AvgIpc) is 3.26. The van der Waals surface area contributed by atoms with Gasteiger partial charge < -0.3 is 47.1 Å². The number of H-pyrrole nitrogens is 1. The summed E-state index contributed by atoms with van der Waals surface area (Å²) in [6.07, 6.45) is -2.15. The number of aliphatic hydroxyl groups excluding tert-OH is 2. The lowest BCUT2D eigenvalue weighted by atomic mass is 10.0. The molecule has 0 aliphatic rings. The monoisotopic (exact) mass is 535 g/mol. The molecule has 1 aromatic carbocycles. The molecule has 10 N–H and O–H groups in total. The summed E-state index contributed by atoms with van der Waals surface area (Å²) in [5.74, 6) is -5.58. The van der Waals surface area contributed by atoms with E-state index in [0.29, 0.717) is 5.56 Å². The molecule has 208 valence electrons. The molecule has 0 saturated carbocycles. The van der Waals surface area contributed by atoms with Crippen LogP contribution in [0.25, 0.3) is 10.9 Å². The van der Waals surface area contributed by atoms with Crippen molar-refractivity contribution in [2.75, 3.05) is 0 Å². The number of aliphatic hydroxyl groups is 2. The smallest absolute Gasteiger partial charge is 0.326 e. The highest BCUT2D eigenvalue weighted by Gasteiger charge is 2.33. The van der Waals surface area contributed by atoms with Crippen LogP contribution in [0.4, 0.5) is 0 Å². The number of benzene rings is 1. The summed E-state index contributed by atoms with van der Waals surface area (Å²) >= 11 is 0. The number of aliphatic carboxylic acids is 2. The van der Waals surface area contributed by atoms with E-state index >= 15 is 0 Å². The average molecular weight is 536 g/mol. The molecule has 38 heavy (non-hydrogen) atoms. The van der Waals surface area contributed by atoms with Crippen LogP contribution in [-0.2, 0) is 30.4 Å². The van der Waals surface area contributed by atoms with Gasteiger partial charge in [0.2, 0.25) is 17.7 Å². The molecule has 6 atom stereocenters. The molecular formula is C24H33N5O9. The normalized spacial score (nSPS) is 15.9. The van der Waals surface area contributed by atoms with Gasteiger partial charge in [-0.25, -0.2) is 4.79 Å². The van der Waals surface area contributed by atoms with Crippen molar-refractivity contribution in [2.24, 2.45) is 5.73 Å². The fourth-order valence-electron chi connectivity index (χ4n) is 3.66. The molecule has 0 radical (unpaired) electrons. The summed E-state index contributed by atoms with van der Waals surface area (Å²) in [5.41, 5.74) is 6.94. The summed E-state index contributed by atoms with van der Waals surface area (Å²) in [7, 11) is 0. The quantitative estimate of drug-likeness (QED) is 0.131. The summed E-state index contributed by atoms with van der Waals surface area (Å²) in [5, 5.41) is 45.8. The summed E-state index contributed by atoms with van der Waals surface area (Å²) in [6.45, 7) is 2.44. The lowest BCUT2D eigenvalue weighted by molar-refractivity contribution is -0.143. The third kappa shape index (κ3) is 8.26. The fourth-order valence-corrected chi connectivity index (χ4v) is 3.66. The fraction of sp³-hybridized carbons (Fsp3) is 0.458. The van der Waals surface area contributed by atoms with E-state index in [2.05, 4.69) is 20.9 Å². The lowest BCUT2D eigenvalue weighted by Crippen LogP contribution is -2.60. The number of nitrogens with one attached hydrogen (secondary N) is 4. The molecule has 1 aromatic heterocycles. The number of hydrogen-bond donors (Lipinski definition) is 9. The Morgan fingerprint density at radius 2 is 1.53 bits per heavy atom. The van der Waals surface area contributed by atoms with Crippen molar-refractivity contribution < 1.29 is 44.4 Å². The Hall–Kier alpha value is -4.01. The van der Waals surface area contributed by atoms with Gasteiger partial charge in [0.1, 0.15) is 24.2 Å². The number of amides is 3. The van der Waals surface area contributed by atoms with Crippen molar-refractivity contribution >= 4 is 40.6 Å². The van der Waals surface area contributed by atoms with Crippen LogP contribution < -0.4 is 21.7 Å². The minimum absolute atomic E-state index is 0.103. The molecule has 0 fully saturated rings. The van der Waals surface area contributed by atoms with Gasteiger partial charge in [-0.05, 0) is 31.9 Å². The van der Waals surface area contributed by atoms with Gasteiger partial charge in [-0.1, -0.05) is 18.2 Å². The molecule has 0 aliphatic carbocycles. The first kappa shape index (κ1) is 30.2. The standard InChI is InChI=1S/C24H33N5O9/c1-11(30)19(25)22(35)29-20(12(2)31)23(36)27-16(7-8-18(32)33)21(34)28-17(24(37)38)9-13-10-26-15-6-4-3-5-14(13)15/h3-6,10-12,16-17,19-20,26,30-31H,7-9,25H2,1-2H3,(H,27,36)(H,28,34)(H,29,35)(H,32,33)(H,37,38). The van der Waals surface area contributed by atoms with Gasteiger partial charge in [0.05, 0.1) is 12.2 Å². The van der Waals surface area contributed by atoms with E-state index in [1.165, 1.54) is 13.8 Å². The maximum Gasteiger partial charge on any atom is 0.326 e. The number of para-hydroxylation sites is 1. The van der Waals surface area contributed by atoms with Crippen molar-refractivity contribution in [1.82, 2.24) is 20.9 Å². The van der Waals surface area contributed by atoms with Crippen LogP contribution >= 0.6 is 0 Å². The van der Waals surface area contributed by atoms with Crippen LogP contribution in [0.1, 0.15) is 32.3 Å². The molecule has 0 bridgehead atoms. The Morgan fingerprint density at radius 3 is 2.11 bits per heavy atom. The number of aromatic nitrogens is 1. The molecule has 3 amide bonds. The van der Waals surface area contributed by atoms with Gasteiger partial charge in [0.25, 0.3) is 0 Å². The summed E-state index contributed by atoms with van der Waals surface area (Å²) < 4.78 is 0. The molecule has 0 aliphatic heterocycles. The Bertz CT molecular complexity index is 1160. The number of rotatable bonds is 14. The number of aromatic amines is 1. The van der Waals surface area contributed by atoms with Crippen LogP contribution in [-0.4, -0.2) is 91.4 Å². The van der Waals surface area contributed by atoms with Crippen LogP contribution in [0.3, 0.4) is 0 Å². The van der Waals surface area contributed by atoms with Crippen molar-refractivity contribution in [3.63, 3.8) is 0 Å². The molecule has 0 saturated heterocycles. The maximum absolute atomic E-state index is 13.0. The minimum Gasteiger partial charge on any atom is -0.481 e. The first-order valence-electron chi connectivity index (χ1n) is 11.8. The molecule has 14 heteroatoms. The molecule has 2 rings (SSSR count). The van der Waals surface area contributed by atoms with Gasteiger partial charge in [-0.2, -0.15) is 0 Å². The zero-order valence-corrected chi connectivity index (χ0v) is 20.9. The van der Waals surface area contributed by atoms with Crippen molar-refractivity contribution in [3.05, 3.63) is 36.0 Å². The van der Waals surface area contributed by atoms with Gasteiger partial charge in [-0.3, -0.25) is 19.2 Å². The van der Waals surface area contributed by atoms with Crippen molar-refractivity contribution in [2.45, 2.75) is 69.5 Å². The van der Waals surface area contributed by atoms with Gasteiger partial charge in [-0.15, -0.1) is 0 Å². The maximum atomic E-state index is 13.0. The molecule has 2 aromatic rings. The van der Waals surface area contributed by atoms with E-state index in [-0.39, 0.29) is 6.42 Å². The predicted molar refractivity (Wildman–Crippen MR) is 134 cm³/mol. The first-order chi connectivity index (χ1) is 17.8. The SMILES string of the molecule is CC(O)C(N)C(=O)NC(C(=O)NC(CCC(=O)O)C(=O)NC(Cc1c[nH]c2ccccc12)C(=O)O)C(C)O. The Labute approximate surface area is 217 Å². The van der Waals surface area contributed by atoms with Gasteiger partial charge >= 0.3 is 11.9 Å². The highest BCUT2D eigenvalue weighted by molar-refractivity contribution is 5.95. The number of carboxylic acid groups (broad SMARTS) is 2. The van der Waals surface area contributed by atoms with Gasteiger partial charge in [0, 0.05) is 29.9 Å². The second-order valence-corrected chi connectivity index (χ2v) is 8.95. The number of carboxylic acids is 2. The topological polar surface area (TPSA) is 244 Å². The predicted octanol–water partition coefficient (Wildman–Crippen LogP) is -1.80. The van der Waals surface area contributed by atoms with E-state index in [0.717, 1.165) is 10.9 Å². The second-order valence-electron chi connectivity index (χ2n) is 8.95. The van der Waals surface area contributed by atoms with E-state index in [1.807, 2.05) is 0 Å². The zero-order valence-electron chi connectivity index (χ0n) is 20.9. The van der Waals surface area contributed by atoms with Crippen LogP contribution in [0.2, 0.25) is 0 Å². The number of nitrogens with two attached hydrogens (primary N) is 1. The Kier molecular flexibility index (Phi) is 10.7. The zero-order chi connectivity index (χ0) is 28.6. The van der Waals surface area contributed by atoms with E-state index in [9.17, 15) is 39.3 Å². The number of fused-ring (bicyclic) bond motifs is 1. The molecule has 6 unspecified atom stereocenters. The second kappa shape index (κ2) is 13.5. The van der Waals surface area contributed by atoms with Gasteiger partial charge in [0.15, 0.2) is 0 Å². The van der Waals surface area contributed by atoms with Crippen molar-refractivity contribution in [1.29, 1.82) is 0 Å². The van der Waals surface area contributed by atoms with Crippen molar-refractivity contribution in [3.8, 4) is 0 Å². The summed E-state index contributed by atoms with van der Waals surface area (Å²) in [6, 6.07) is 1.23. The first-order valence-corrected chi connectivity index (χ1v) is 11.8. The number of hydrogen-bond acceptors (Lipinski definition) is 8. The number of carbonyl (C=O) groups is 5. The highest BCUT2D eigenvalue weighted by Crippen LogP contribution is 2.19. The summed E-state index contributed by atoms with van der Waals surface area (Å²) in [4.78, 5) is 64.1. The Morgan fingerprint density at radius 1 is 0.895 bits per heavy atom. The van der Waals surface area contributed by atoms with E-state index in [4.69, 9.17) is 10.8 Å². The van der Waals surface area contributed by atoms with Crippen LogP contribution in [0.5, 0.6) is 0 Å². The largest absolute Gasteiger partial charge is 0.481 e. The number of carbonyl (C=O) groups excluding carboxylic acids is 3. The molecular weight excluding hydrogens is 502 g/mol. The molecule has 14 nitrogen and oxygen atoms in total. The van der Waals surface area contributed by atoms with Crippen LogP contribution in [0, 0.1) is 0 Å². The lowest BCUT2D eigenvalue weighted by Gasteiger charge is -2.26. The minimum atomic E-state index is -1.60. The van der Waals surface area contributed by atoms with E-state index in [1.54, 1.807) is 30.5 Å². The van der Waals surface area contributed by atoms with E-state index < -0.39 is 78.9 Å². The molecule has 0 spiro atoms. The molecule has 1 heterocycles. The van der Waals surface area contributed by atoms with Crippen LogP contribution in [0.15, 0.2) is 30.5 Å². The highest BCUT2D eigenvalue weighted by atomic mass is 16.4. The third-order valence-electron chi connectivity index (χ3n) is 5.88. The Balaban J connectivity index is 2.20.